The van der Waals surface area contributed by atoms with Crippen LogP contribution in [-0.2, 0) is 16.6 Å². The molecule has 2 aliphatic carbocycles. The number of imidazole rings is 1. The van der Waals surface area contributed by atoms with Gasteiger partial charge in [-0.15, -0.1) is 6.42 Å². The molecule has 8 heterocycles. The van der Waals surface area contributed by atoms with Crippen LogP contribution in [0.25, 0.3) is 44.0 Å². The van der Waals surface area contributed by atoms with Crippen LogP contribution in [0.15, 0.2) is 53.5 Å². The lowest BCUT2D eigenvalue weighted by Crippen LogP contribution is -2.56. The number of piperidine rings is 3. The number of aromatic hydroxyl groups is 1. The molecule has 6 aromatic rings. The van der Waals surface area contributed by atoms with E-state index in [0.717, 1.165) is 82.3 Å². The maximum absolute atomic E-state index is 17.2. The van der Waals surface area contributed by atoms with Crippen molar-refractivity contribution in [3.8, 4) is 35.4 Å². The van der Waals surface area contributed by atoms with Crippen LogP contribution in [0, 0.1) is 34.8 Å². The zero-order chi connectivity index (χ0) is 49.9. The molecule has 2 amide bonds. The highest BCUT2D eigenvalue weighted by Crippen LogP contribution is 2.53. The molecule has 15 nitrogen and oxygen atoms in total. The normalized spacial score (nSPS) is 24.4. The molecule has 2 bridgehead atoms. The van der Waals surface area contributed by atoms with E-state index < -0.39 is 23.6 Å². The number of hydrogen-bond acceptors (Lipinski definition) is 12. The van der Waals surface area contributed by atoms with E-state index in [2.05, 4.69) is 48.4 Å². The van der Waals surface area contributed by atoms with Gasteiger partial charge >= 0.3 is 11.7 Å². The van der Waals surface area contributed by atoms with Gasteiger partial charge in [0, 0.05) is 73.8 Å². The third kappa shape index (κ3) is 8.11. The molecular weight excluding hydrogens is 931 g/mol. The van der Waals surface area contributed by atoms with Gasteiger partial charge < -0.3 is 29.9 Å². The Labute approximate surface area is 421 Å². The number of phenols is 1. The largest absolute Gasteiger partial charge is 0.508 e. The number of amides is 2. The van der Waals surface area contributed by atoms with E-state index in [9.17, 15) is 19.5 Å². The third-order valence-electron chi connectivity index (χ3n) is 18.0. The molecule has 5 aliphatic heterocycles. The van der Waals surface area contributed by atoms with E-state index in [1.165, 1.54) is 55.5 Å². The molecule has 7 fully saturated rings. The summed E-state index contributed by atoms with van der Waals surface area (Å²) in [6.07, 6.45) is 19.1. The first-order valence-corrected chi connectivity index (χ1v) is 26.3. The lowest BCUT2D eigenvalue weighted by Gasteiger charge is -2.56. The fraction of sp³-hybridized carbons (Fsp3) is 0.500. The van der Waals surface area contributed by atoms with Crippen LogP contribution >= 0.6 is 0 Å². The zero-order valence-corrected chi connectivity index (χ0v) is 41.1. The standard InChI is InChI=1S/C56H60F2N10O5/c1-3-39-42(57)8-4-34-22-38(69)24-40(47(34)39)49-48(58)50-41(27-59-49)51(67-28-35-6-7-36(29-67)60-35)63-53(62-50)73-31-56(14-15-56)30-65-20-16-55(17-21-65)25-37(26-55)66-18-12-32(13-19-66)33-5-9-43-45(23-33)64(2)54(72)68(43)44-10-11-46(70)61-52(44)71/h1,4-5,8-9,22-24,27,32,35-37,44,60,69H,6-7,10-21,25-26,28-31H2,2H3,(H,61,70,71). The lowest BCUT2D eigenvalue weighted by atomic mass is 9.59. The summed E-state index contributed by atoms with van der Waals surface area (Å²) in [4.78, 5) is 59.7. The lowest BCUT2D eigenvalue weighted by molar-refractivity contribution is -0.135. The number of hydrogen-bond donors (Lipinski definition) is 3. The second-order valence-corrected chi connectivity index (χ2v) is 22.6. The highest BCUT2D eigenvalue weighted by Gasteiger charge is 2.51. The minimum Gasteiger partial charge on any atom is -0.508 e. The number of rotatable bonds is 10. The van der Waals surface area contributed by atoms with Gasteiger partial charge in [-0.2, -0.15) is 9.97 Å². The van der Waals surface area contributed by atoms with Gasteiger partial charge in [-0.05, 0) is 149 Å². The van der Waals surface area contributed by atoms with Gasteiger partial charge in [-0.25, -0.2) is 13.6 Å². The molecule has 7 aliphatic rings. The number of pyridine rings is 1. The van der Waals surface area contributed by atoms with Crippen molar-refractivity contribution in [1.29, 1.82) is 0 Å². The number of aromatic nitrogens is 5. The molecule has 2 saturated carbocycles. The minimum atomic E-state index is -0.722. The Morgan fingerprint density at radius 1 is 0.904 bits per heavy atom. The Morgan fingerprint density at radius 2 is 1.67 bits per heavy atom. The summed E-state index contributed by atoms with van der Waals surface area (Å²) in [6.45, 7) is 7.01. The molecule has 3 atom stereocenters. The van der Waals surface area contributed by atoms with Crippen LogP contribution < -0.4 is 26.0 Å². The number of carbonyl (C=O) groups is 2. The van der Waals surface area contributed by atoms with E-state index >= 15 is 8.78 Å². The van der Waals surface area contributed by atoms with Crippen molar-refractivity contribution in [3.63, 3.8) is 0 Å². The fourth-order valence-corrected chi connectivity index (χ4v) is 13.7. The Morgan fingerprint density at radius 3 is 2.40 bits per heavy atom. The molecule has 73 heavy (non-hydrogen) atoms. The number of carbonyl (C=O) groups excluding carboxylic acids is 2. The maximum Gasteiger partial charge on any atom is 0.329 e. The minimum absolute atomic E-state index is 0.0293. The van der Waals surface area contributed by atoms with Crippen molar-refractivity contribution in [3.05, 3.63) is 81.9 Å². The molecule has 3 N–H and O–H groups in total. The van der Waals surface area contributed by atoms with Gasteiger partial charge in [0.1, 0.15) is 34.6 Å². The molecule has 1 spiro atoms. The molecule has 3 aromatic heterocycles. The molecule has 378 valence electrons. The number of nitrogens with one attached hydrogen (secondary N) is 2. The van der Waals surface area contributed by atoms with Crippen LogP contribution in [0.1, 0.15) is 100 Å². The Hall–Kier alpha value is -6.48. The first kappa shape index (κ1) is 46.3. The average molecular weight is 991 g/mol. The summed E-state index contributed by atoms with van der Waals surface area (Å²) in [5.41, 5.74) is 3.00. The third-order valence-corrected chi connectivity index (χ3v) is 18.0. The van der Waals surface area contributed by atoms with Gasteiger partial charge in [-0.3, -0.25) is 29.0 Å². The van der Waals surface area contributed by atoms with Crippen LogP contribution in [-0.4, -0.2) is 121 Å². The molecule has 0 radical (unpaired) electrons. The van der Waals surface area contributed by atoms with Gasteiger partial charge in [-0.1, -0.05) is 18.1 Å². The fourth-order valence-electron chi connectivity index (χ4n) is 13.7. The SMILES string of the molecule is C#Cc1c(F)ccc2cc(O)cc(-c3ncc4c(N5CC6CCC(C5)N6)nc(OCC5(CN6CCC7(CC6)CC(N6CCC(c8ccc9c(c8)n(C)c(=O)n9C8CCC(=O)NC8=O)CC6)C7)CC5)nc4c3F)c12. The number of fused-ring (bicyclic) bond motifs is 5. The zero-order valence-electron chi connectivity index (χ0n) is 41.1. The smallest absolute Gasteiger partial charge is 0.329 e. The monoisotopic (exact) mass is 990 g/mol. The Bertz CT molecular complexity index is 3350. The second kappa shape index (κ2) is 17.6. The van der Waals surface area contributed by atoms with Crippen molar-refractivity contribution in [1.82, 2.24) is 44.5 Å². The molecule has 3 unspecified atom stereocenters. The highest BCUT2D eigenvalue weighted by molar-refractivity contribution is 6.03. The van der Waals surface area contributed by atoms with Gasteiger partial charge in [0.25, 0.3) is 0 Å². The van der Waals surface area contributed by atoms with E-state index in [1.54, 1.807) is 22.4 Å². The Kier molecular flexibility index (Phi) is 11.2. The summed E-state index contributed by atoms with van der Waals surface area (Å²) < 4.78 is 42.0. The number of likely N-dealkylation sites (tertiary alicyclic amines) is 2. The first-order chi connectivity index (χ1) is 35.3. The van der Waals surface area contributed by atoms with Crippen LogP contribution in [0.3, 0.4) is 0 Å². The summed E-state index contributed by atoms with van der Waals surface area (Å²) in [5.74, 6) is 1.22. The maximum atomic E-state index is 17.2. The quantitative estimate of drug-likeness (QED) is 0.0990. The molecule has 3 aromatic carbocycles. The van der Waals surface area contributed by atoms with Gasteiger partial charge in [0.05, 0.1) is 28.6 Å². The first-order valence-electron chi connectivity index (χ1n) is 26.3. The molecule has 5 saturated heterocycles. The van der Waals surface area contributed by atoms with Crippen molar-refractivity contribution in [2.75, 3.05) is 57.3 Å². The number of benzene rings is 3. The highest BCUT2D eigenvalue weighted by atomic mass is 19.1. The van der Waals surface area contributed by atoms with Crippen LogP contribution in [0.4, 0.5) is 14.6 Å². The second-order valence-electron chi connectivity index (χ2n) is 22.6. The van der Waals surface area contributed by atoms with Gasteiger partial charge in [0.15, 0.2) is 5.82 Å². The van der Waals surface area contributed by atoms with Crippen molar-refractivity contribution >= 4 is 50.3 Å². The number of ether oxygens (including phenoxy) is 1. The number of anilines is 1. The molecule has 13 rings (SSSR count). The number of phenolic OH excluding ortho intramolecular Hbond substituents is 1. The van der Waals surface area contributed by atoms with Gasteiger partial charge in [0.2, 0.25) is 11.8 Å². The van der Waals surface area contributed by atoms with Crippen LogP contribution in [0.5, 0.6) is 11.8 Å². The summed E-state index contributed by atoms with van der Waals surface area (Å²) >= 11 is 0. The molecule has 17 heteroatoms. The predicted molar refractivity (Wildman–Crippen MR) is 272 cm³/mol. The van der Waals surface area contributed by atoms with Crippen molar-refractivity contribution < 1.29 is 28.2 Å². The molecular formula is C56H60F2N10O5. The van der Waals surface area contributed by atoms with E-state index in [0.29, 0.717) is 72.2 Å². The summed E-state index contributed by atoms with van der Waals surface area (Å²) in [6, 6.07) is 12.5. The number of imide groups is 1. The Balaban J connectivity index is 0.653. The summed E-state index contributed by atoms with van der Waals surface area (Å²) in [7, 11) is 1.76. The summed E-state index contributed by atoms with van der Waals surface area (Å²) in [5, 5.41) is 18.0. The van der Waals surface area contributed by atoms with Crippen LogP contribution in [0.2, 0.25) is 0 Å². The number of nitrogens with zero attached hydrogens (tertiary/aromatic N) is 8. The topological polar surface area (TPSA) is 163 Å². The number of piperazine rings is 1. The predicted octanol–water partition coefficient (Wildman–Crippen LogP) is 6.67. The van der Waals surface area contributed by atoms with E-state index in [1.807, 2.05) is 6.07 Å². The van der Waals surface area contributed by atoms with Crippen molar-refractivity contribution in [2.24, 2.45) is 17.9 Å². The average Bonchev–Trinajstić information content (AvgIpc) is 4.00. The van der Waals surface area contributed by atoms with E-state index in [4.69, 9.17) is 21.1 Å². The number of terminal acetylenes is 1. The van der Waals surface area contributed by atoms with Crippen molar-refractivity contribution in [2.45, 2.75) is 107 Å². The van der Waals surface area contributed by atoms with E-state index in [-0.39, 0.29) is 62.9 Å². The number of aryl methyl sites for hydroxylation is 1. The number of halogens is 2.